The lowest BCUT2D eigenvalue weighted by molar-refractivity contribution is -0.169. The number of carbonyl (C=O) groups is 1. The van der Waals surface area contributed by atoms with Crippen molar-refractivity contribution in [3.63, 3.8) is 0 Å². The summed E-state index contributed by atoms with van der Waals surface area (Å²) in [6, 6.07) is 1.56. The zero-order chi connectivity index (χ0) is 20.6. The van der Waals surface area contributed by atoms with Gasteiger partial charge in [-0.3, -0.25) is 4.79 Å². The topological polar surface area (TPSA) is 87.9 Å². The number of thiol groups is 1. The van der Waals surface area contributed by atoms with Crippen LogP contribution in [0.2, 0.25) is 5.28 Å². The monoisotopic (exact) mass is 430 g/mol. The molecule has 1 N–H and O–H groups in total. The van der Waals surface area contributed by atoms with Gasteiger partial charge in [0, 0.05) is 12.6 Å². The molecule has 1 aromatic rings. The van der Waals surface area contributed by atoms with E-state index in [4.69, 9.17) is 16.3 Å². The first-order valence-electron chi connectivity index (χ1n) is 8.09. The number of alkyl halides is 3. The van der Waals surface area contributed by atoms with E-state index in [0.717, 1.165) is 6.26 Å². The summed E-state index contributed by atoms with van der Waals surface area (Å²) in [6.45, 7) is 6.40. The zero-order valence-electron chi connectivity index (χ0n) is 15.3. The number of hydrogen-bond donors (Lipinski definition) is 2. The van der Waals surface area contributed by atoms with Gasteiger partial charge in [0.15, 0.2) is 0 Å². The highest BCUT2D eigenvalue weighted by molar-refractivity contribution is 8.00. The average Bonchev–Trinajstić information content (AvgIpc) is 2.53. The normalized spacial score (nSPS) is 19.7. The predicted molar refractivity (Wildman–Crippen MR) is 98.5 cm³/mol. The number of morpholine rings is 1. The molecule has 1 amide bonds. The SMILES string of the molecule is C[C@@H]1COCCN1c1cc(C(C)(C)[SH](C)(O)=NC(=O)C(F)(F)F)nc(Cl)n1. The summed E-state index contributed by atoms with van der Waals surface area (Å²) in [5.74, 6) is -1.85. The molecule has 1 atom stereocenters. The van der Waals surface area contributed by atoms with E-state index in [9.17, 15) is 22.5 Å². The molecular formula is C15H22ClF3N4O3S. The molecule has 0 unspecified atom stereocenters. The fraction of sp³-hybridized carbons (Fsp3) is 0.667. The summed E-state index contributed by atoms with van der Waals surface area (Å²) in [5.41, 5.74) is 0.202. The maximum absolute atomic E-state index is 12.6. The van der Waals surface area contributed by atoms with E-state index in [-0.39, 0.29) is 17.0 Å². The Morgan fingerprint density at radius 2 is 2.07 bits per heavy atom. The molecule has 0 radical (unpaired) electrons. The summed E-state index contributed by atoms with van der Waals surface area (Å²) in [7, 11) is -3.75. The van der Waals surface area contributed by atoms with E-state index in [1.165, 1.54) is 13.8 Å². The maximum atomic E-state index is 12.6. The van der Waals surface area contributed by atoms with Crippen LogP contribution in [0.5, 0.6) is 0 Å². The average molecular weight is 431 g/mol. The Hall–Kier alpha value is -1.30. The summed E-state index contributed by atoms with van der Waals surface area (Å²) in [5, 5.41) is -0.114. The third kappa shape index (κ3) is 4.76. The van der Waals surface area contributed by atoms with Crippen LogP contribution in [0.4, 0.5) is 19.0 Å². The highest BCUT2D eigenvalue weighted by Gasteiger charge is 2.42. The Balaban J connectivity index is 2.49. The van der Waals surface area contributed by atoms with Crippen LogP contribution in [0.1, 0.15) is 26.5 Å². The van der Waals surface area contributed by atoms with E-state index < -0.39 is 26.9 Å². The van der Waals surface area contributed by atoms with Gasteiger partial charge in [-0.1, -0.05) is 10.1 Å². The van der Waals surface area contributed by atoms with E-state index in [1.54, 1.807) is 6.07 Å². The van der Waals surface area contributed by atoms with Gasteiger partial charge in [-0.05, 0) is 38.6 Å². The predicted octanol–water partition coefficient (Wildman–Crippen LogP) is 2.85. The second-order valence-corrected chi connectivity index (χ2v) is 10.4. The van der Waals surface area contributed by atoms with Gasteiger partial charge in [-0.2, -0.15) is 17.5 Å². The van der Waals surface area contributed by atoms with Gasteiger partial charge in [0.1, 0.15) is 5.82 Å². The number of carbonyl (C=O) groups excluding carboxylic acids is 1. The van der Waals surface area contributed by atoms with Crippen LogP contribution in [-0.2, 0) is 24.4 Å². The van der Waals surface area contributed by atoms with Crippen LogP contribution in [0, 0.1) is 0 Å². The fourth-order valence-corrected chi connectivity index (χ4v) is 3.95. The number of amides is 1. The molecule has 0 spiro atoms. The minimum Gasteiger partial charge on any atom is -0.377 e. The quantitative estimate of drug-likeness (QED) is 0.566. The van der Waals surface area contributed by atoms with Gasteiger partial charge >= 0.3 is 12.1 Å². The smallest absolute Gasteiger partial charge is 0.377 e. The van der Waals surface area contributed by atoms with Crippen LogP contribution in [-0.4, -0.2) is 58.7 Å². The largest absolute Gasteiger partial charge is 0.474 e. The van der Waals surface area contributed by atoms with E-state index in [1.807, 2.05) is 11.8 Å². The van der Waals surface area contributed by atoms with Crippen molar-refractivity contribution in [2.45, 2.75) is 37.7 Å². The summed E-state index contributed by atoms with van der Waals surface area (Å²) in [4.78, 5) is 21.5. The number of halogens is 4. The standard InChI is InChI=1S/C15H22ClF3N4O3S/c1-9-8-26-6-5-23(9)11-7-10(20-13(16)21-11)14(2,3)27(4,25)22-12(24)15(17,18)19/h7,9,27H,5-6,8H2,1-4H3,(H,22,24,25)/t9-/m1/s1. The van der Waals surface area contributed by atoms with Crippen molar-refractivity contribution in [1.29, 1.82) is 0 Å². The maximum Gasteiger partial charge on any atom is 0.474 e. The lowest BCUT2D eigenvalue weighted by Gasteiger charge is -2.38. The van der Waals surface area contributed by atoms with Crippen molar-refractivity contribution in [1.82, 2.24) is 9.97 Å². The Labute approximate surface area is 161 Å². The van der Waals surface area contributed by atoms with Crippen LogP contribution in [0.15, 0.2) is 10.4 Å². The molecule has 1 fully saturated rings. The van der Waals surface area contributed by atoms with E-state index in [2.05, 4.69) is 14.3 Å². The van der Waals surface area contributed by atoms with Crippen molar-refractivity contribution >= 4 is 33.4 Å². The Morgan fingerprint density at radius 3 is 2.63 bits per heavy atom. The first-order valence-corrected chi connectivity index (χ1v) is 10.6. The molecular weight excluding hydrogens is 409 g/mol. The third-order valence-corrected chi connectivity index (χ3v) is 7.65. The number of ether oxygens (including phenoxy) is 1. The second-order valence-electron chi connectivity index (χ2n) is 6.87. The van der Waals surface area contributed by atoms with Crippen LogP contribution in [0.3, 0.4) is 0 Å². The molecule has 1 aliphatic heterocycles. The lowest BCUT2D eigenvalue weighted by Crippen LogP contribution is -2.44. The van der Waals surface area contributed by atoms with Gasteiger partial charge in [0.25, 0.3) is 0 Å². The van der Waals surface area contributed by atoms with Gasteiger partial charge < -0.3 is 14.2 Å². The Morgan fingerprint density at radius 1 is 1.44 bits per heavy atom. The van der Waals surface area contributed by atoms with Crippen molar-refractivity contribution < 1.29 is 27.3 Å². The van der Waals surface area contributed by atoms with E-state index >= 15 is 0 Å². The van der Waals surface area contributed by atoms with Gasteiger partial charge in [0.05, 0.1) is 29.7 Å². The highest BCUT2D eigenvalue weighted by Crippen LogP contribution is 2.36. The molecule has 2 rings (SSSR count). The lowest BCUT2D eigenvalue weighted by atomic mass is 10.1. The molecule has 7 nitrogen and oxygen atoms in total. The van der Waals surface area contributed by atoms with Gasteiger partial charge in [0.2, 0.25) is 5.28 Å². The van der Waals surface area contributed by atoms with Crippen molar-refractivity contribution in [2.75, 3.05) is 30.9 Å². The number of hydrogen-bond acceptors (Lipinski definition) is 5. The van der Waals surface area contributed by atoms with Crippen LogP contribution >= 0.6 is 11.6 Å². The van der Waals surface area contributed by atoms with E-state index in [0.29, 0.717) is 25.6 Å². The minimum absolute atomic E-state index is 0.00693. The van der Waals surface area contributed by atoms with Gasteiger partial charge in [-0.15, -0.1) is 0 Å². The number of aromatic nitrogens is 2. The van der Waals surface area contributed by atoms with Crippen LogP contribution < -0.4 is 4.90 Å². The molecule has 1 aliphatic rings. The number of anilines is 1. The first kappa shape index (κ1) is 22.0. The second kappa shape index (κ2) is 7.61. The number of rotatable bonds is 3. The number of nitrogens with zero attached hydrogens (tertiary/aromatic N) is 4. The van der Waals surface area contributed by atoms with Crippen LogP contribution in [0.25, 0.3) is 0 Å². The molecule has 0 aliphatic carbocycles. The summed E-state index contributed by atoms with van der Waals surface area (Å²) >= 11 is 6.02. The molecule has 27 heavy (non-hydrogen) atoms. The first-order chi connectivity index (χ1) is 12.3. The molecule has 1 saturated heterocycles. The van der Waals surface area contributed by atoms with Gasteiger partial charge in [-0.25, -0.2) is 9.97 Å². The third-order valence-electron chi connectivity index (χ3n) is 4.56. The molecule has 12 heteroatoms. The van der Waals surface area contributed by atoms with Crippen molar-refractivity contribution in [3.05, 3.63) is 17.0 Å². The molecule has 0 aromatic carbocycles. The Bertz CT molecular complexity index is 782. The molecule has 1 aromatic heterocycles. The molecule has 0 bridgehead atoms. The highest BCUT2D eigenvalue weighted by atomic mass is 35.5. The zero-order valence-corrected chi connectivity index (χ0v) is 16.9. The summed E-state index contributed by atoms with van der Waals surface area (Å²) < 4.78 is 55.5. The fourth-order valence-electron chi connectivity index (χ4n) is 2.51. The minimum atomic E-state index is -5.15. The molecule has 0 saturated carbocycles. The van der Waals surface area contributed by atoms with Crippen molar-refractivity contribution in [3.8, 4) is 0 Å². The Kier molecular flexibility index (Phi) is 6.20. The van der Waals surface area contributed by atoms with Crippen molar-refractivity contribution in [2.24, 2.45) is 4.36 Å². The molecule has 2 heterocycles. The summed E-state index contributed by atoms with van der Waals surface area (Å²) in [6.07, 6.45) is -4.03. The molecule has 154 valence electrons.